The molecule has 0 radical (unpaired) electrons. The monoisotopic (exact) mass is 293 g/mol. The van der Waals surface area contributed by atoms with Gasteiger partial charge in [0.25, 0.3) is 0 Å². The van der Waals surface area contributed by atoms with Gasteiger partial charge in [-0.1, -0.05) is 26.0 Å². The van der Waals surface area contributed by atoms with Crippen molar-refractivity contribution in [2.24, 2.45) is 0 Å². The highest BCUT2D eigenvalue weighted by Crippen LogP contribution is 2.19. The predicted octanol–water partition coefficient (Wildman–Crippen LogP) is 2.74. The molecule has 21 heavy (non-hydrogen) atoms. The minimum atomic E-state index is -0.504. The molecule has 0 spiro atoms. The number of aliphatic hydroxyl groups is 1. The molecule has 2 N–H and O–H groups in total. The quantitative estimate of drug-likeness (QED) is 0.775. The van der Waals surface area contributed by atoms with Gasteiger partial charge in [0.1, 0.15) is 5.75 Å². The van der Waals surface area contributed by atoms with Crippen molar-refractivity contribution in [2.75, 3.05) is 13.2 Å². The molecule has 0 unspecified atom stereocenters. The maximum Gasteiger partial charge on any atom is 0.223 e. The summed E-state index contributed by atoms with van der Waals surface area (Å²) in [7, 11) is 0. The summed E-state index contributed by atoms with van der Waals surface area (Å²) < 4.78 is 5.68. The highest BCUT2D eigenvalue weighted by molar-refractivity contribution is 5.77. The number of amides is 1. The number of carbonyl (C=O) groups is 1. The van der Waals surface area contributed by atoms with Gasteiger partial charge in [0.05, 0.1) is 25.2 Å². The molecule has 1 amide bonds. The van der Waals surface area contributed by atoms with E-state index < -0.39 is 5.54 Å². The fourth-order valence-corrected chi connectivity index (χ4v) is 2.16. The van der Waals surface area contributed by atoms with Gasteiger partial charge in [-0.05, 0) is 43.9 Å². The van der Waals surface area contributed by atoms with E-state index in [4.69, 9.17) is 4.74 Å². The largest absolute Gasteiger partial charge is 0.493 e. The zero-order valence-corrected chi connectivity index (χ0v) is 13.5. The first kappa shape index (κ1) is 17.5. The molecule has 1 rings (SSSR count). The number of aryl methyl sites for hydroxylation is 2. The molecule has 4 heteroatoms. The van der Waals surface area contributed by atoms with Gasteiger partial charge in [0.15, 0.2) is 0 Å². The summed E-state index contributed by atoms with van der Waals surface area (Å²) in [4.78, 5) is 12.0. The molecule has 0 saturated carbocycles. The third-order valence-corrected chi connectivity index (χ3v) is 3.99. The minimum absolute atomic E-state index is 0.0381. The second-order valence-corrected chi connectivity index (χ2v) is 5.56. The Kier molecular flexibility index (Phi) is 6.69. The fraction of sp³-hybridized carbons (Fsp3) is 0.588. The summed E-state index contributed by atoms with van der Waals surface area (Å²) in [5, 5.41) is 12.4. The van der Waals surface area contributed by atoms with Gasteiger partial charge in [0.2, 0.25) is 5.91 Å². The van der Waals surface area contributed by atoms with E-state index in [2.05, 4.69) is 5.32 Å². The van der Waals surface area contributed by atoms with Gasteiger partial charge in [-0.3, -0.25) is 4.79 Å². The maximum atomic E-state index is 12.0. The molecule has 0 heterocycles. The second kappa shape index (κ2) is 8.03. The molecule has 0 atom stereocenters. The van der Waals surface area contributed by atoms with Crippen LogP contribution in [0.15, 0.2) is 18.2 Å². The number of hydrogen-bond acceptors (Lipinski definition) is 3. The SMILES string of the molecule is CCC(CC)(CO)NC(=O)CCOc1cc(C)ccc1C. The van der Waals surface area contributed by atoms with Crippen LogP contribution in [0.3, 0.4) is 0 Å². The Balaban J connectivity index is 2.48. The van der Waals surface area contributed by atoms with Crippen LogP contribution in [0.2, 0.25) is 0 Å². The predicted molar refractivity (Wildman–Crippen MR) is 84.6 cm³/mol. The van der Waals surface area contributed by atoms with Crippen molar-refractivity contribution in [3.63, 3.8) is 0 Å². The van der Waals surface area contributed by atoms with Gasteiger partial charge in [-0.25, -0.2) is 0 Å². The summed E-state index contributed by atoms with van der Waals surface area (Å²) in [6.07, 6.45) is 1.71. The summed E-state index contributed by atoms with van der Waals surface area (Å²) in [6, 6.07) is 6.02. The lowest BCUT2D eigenvalue weighted by atomic mass is 9.94. The Hall–Kier alpha value is -1.55. The zero-order chi connectivity index (χ0) is 15.9. The Bertz CT molecular complexity index is 459. The fourth-order valence-electron chi connectivity index (χ4n) is 2.16. The highest BCUT2D eigenvalue weighted by atomic mass is 16.5. The number of ether oxygens (including phenoxy) is 1. The van der Waals surface area contributed by atoms with Crippen molar-refractivity contribution in [3.05, 3.63) is 29.3 Å². The van der Waals surface area contributed by atoms with E-state index in [9.17, 15) is 9.90 Å². The van der Waals surface area contributed by atoms with Crippen LogP contribution in [0.4, 0.5) is 0 Å². The Morgan fingerprint density at radius 2 is 1.95 bits per heavy atom. The van der Waals surface area contributed by atoms with Crippen molar-refractivity contribution >= 4 is 5.91 Å². The zero-order valence-electron chi connectivity index (χ0n) is 13.5. The maximum absolute atomic E-state index is 12.0. The van der Waals surface area contributed by atoms with Crippen LogP contribution in [-0.4, -0.2) is 29.8 Å². The molecule has 4 nitrogen and oxygen atoms in total. The van der Waals surface area contributed by atoms with Gasteiger partial charge in [0, 0.05) is 0 Å². The first-order valence-electron chi connectivity index (χ1n) is 7.58. The molecule has 118 valence electrons. The summed E-state index contributed by atoms with van der Waals surface area (Å²) in [6.45, 7) is 8.23. The van der Waals surface area contributed by atoms with Crippen molar-refractivity contribution in [3.8, 4) is 5.75 Å². The number of benzene rings is 1. The number of nitrogens with one attached hydrogen (secondary N) is 1. The summed E-state index contributed by atoms with van der Waals surface area (Å²) in [5.41, 5.74) is 1.69. The molecule has 0 aliphatic heterocycles. The topological polar surface area (TPSA) is 58.6 Å². The lowest BCUT2D eigenvalue weighted by molar-refractivity contribution is -0.124. The van der Waals surface area contributed by atoms with Gasteiger partial charge >= 0.3 is 0 Å². The van der Waals surface area contributed by atoms with Crippen LogP contribution >= 0.6 is 0 Å². The minimum Gasteiger partial charge on any atom is -0.493 e. The van der Waals surface area contributed by atoms with Crippen LogP contribution in [0.25, 0.3) is 0 Å². The molecule has 0 aliphatic rings. The average Bonchev–Trinajstić information content (AvgIpc) is 2.48. The first-order chi connectivity index (χ1) is 9.96. The lowest BCUT2D eigenvalue weighted by Gasteiger charge is -2.30. The van der Waals surface area contributed by atoms with E-state index in [1.807, 2.05) is 45.9 Å². The molecule has 0 aromatic heterocycles. The van der Waals surface area contributed by atoms with E-state index in [0.29, 0.717) is 19.4 Å². The van der Waals surface area contributed by atoms with E-state index >= 15 is 0 Å². The Labute approximate surface area is 127 Å². The smallest absolute Gasteiger partial charge is 0.223 e. The molecule has 1 aromatic rings. The van der Waals surface area contributed by atoms with E-state index in [-0.39, 0.29) is 18.9 Å². The third kappa shape index (κ3) is 5.05. The Morgan fingerprint density at radius 3 is 2.52 bits per heavy atom. The summed E-state index contributed by atoms with van der Waals surface area (Å²) in [5.74, 6) is 0.736. The average molecular weight is 293 g/mol. The molecular formula is C17H27NO3. The van der Waals surface area contributed by atoms with Crippen molar-refractivity contribution in [1.29, 1.82) is 0 Å². The Morgan fingerprint density at radius 1 is 1.29 bits per heavy atom. The van der Waals surface area contributed by atoms with Crippen LogP contribution in [-0.2, 0) is 4.79 Å². The molecule has 0 fully saturated rings. The molecule has 1 aromatic carbocycles. The standard InChI is InChI=1S/C17H27NO3/c1-5-17(6-2,12-19)18-16(20)9-10-21-15-11-13(3)7-8-14(15)4/h7-8,11,19H,5-6,9-10,12H2,1-4H3,(H,18,20). The molecule has 0 bridgehead atoms. The highest BCUT2D eigenvalue weighted by Gasteiger charge is 2.26. The normalized spacial score (nSPS) is 11.3. The van der Waals surface area contributed by atoms with Crippen LogP contribution in [0.5, 0.6) is 5.75 Å². The van der Waals surface area contributed by atoms with Gasteiger partial charge in [-0.2, -0.15) is 0 Å². The third-order valence-electron chi connectivity index (χ3n) is 3.99. The first-order valence-corrected chi connectivity index (χ1v) is 7.58. The number of carbonyl (C=O) groups excluding carboxylic acids is 1. The lowest BCUT2D eigenvalue weighted by Crippen LogP contribution is -2.50. The number of hydrogen-bond donors (Lipinski definition) is 2. The van der Waals surface area contributed by atoms with Crippen molar-refractivity contribution < 1.29 is 14.6 Å². The van der Waals surface area contributed by atoms with E-state index in [1.54, 1.807) is 0 Å². The van der Waals surface area contributed by atoms with Crippen molar-refractivity contribution in [1.82, 2.24) is 5.32 Å². The molecule has 0 saturated heterocycles. The van der Waals surface area contributed by atoms with Crippen LogP contribution < -0.4 is 10.1 Å². The van der Waals surface area contributed by atoms with Gasteiger partial charge in [-0.15, -0.1) is 0 Å². The molecular weight excluding hydrogens is 266 g/mol. The number of rotatable bonds is 8. The van der Waals surface area contributed by atoms with Gasteiger partial charge < -0.3 is 15.2 Å². The van der Waals surface area contributed by atoms with Crippen molar-refractivity contribution in [2.45, 2.75) is 52.5 Å². The second-order valence-electron chi connectivity index (χ2n) is 5.56. The van der Waals surface area contributed by atoms with E-state index in [0.717, 1.165) is 16.9 Å². The number of aliphatic hydroxyl groups excluding tert-OH is 1. The van der Waals surface area contributed by atoms with Crippen LogP contribution in [0.1, 0.15) is 44.2 Å². The van der Waals surface area contributed by atoms with E-state index in [1.165, 1.54) is 0 Å². The summed E-state index contributed by atoms with van der Waals surface area (Å²) >= 11 is 0. The van der Waals surface area contributed by atoms with Crippen LogP contribution in [0, 0.1) is 13.8 Å². The molecule has 0 aliphatic carbocycles.